The molecule has 0 aromatic heterocycles. The lowest BCUT2D eigenvalue weighted by Crippen LogP contribution is -2.31. The molecule has 0 radical (unpaired) electrons. The number of hydrogen-bond donors (Lipinski definition) is 6. The predicted octanol–water partition coefficient (Wildman–Crippen LogP) is 3.15. The van der Waals surface area contributed by atoms with Gasteiger partial charge < -0.3 is 36.6 Å². The van der Waals surface area contributed by atoms with Gasteiger partial charge >= 0.3 is 0 Å². The summed E-state index contributed by atoms with van der Waals surface area (Å²) in [5.74, 6) is -1.31. The lowest BCUT2D eigenvalue weighted by molar-refractivity contribution is -0.0270. The van der Waals surface area contributed by atoms with Crippen LogP contribution >= 0.6 is 0 Å². The van der Waals surface area contributed by atoms with Crippen LogP contribution in [0, 0.1) is 5.92 Å². The van der Waals surface area contributed by atoms with Gasteiger partial charge in [0.15, 0.2) is 11.6 Å². The van der Waals surface area contributed by atoms with E-state index in [-0.39, 0.29) is 51.3 Å². The molecule has 0 heterocycles. The van der Waals surface area contributed by atoms with Crippen molar-refractivity contribution in [3.8, 4) is 11.5 Å². The SMILES string of the molecule is CNCCNCc1ccc(O)c2c1C(=O)c1c(O)ccc(NC(C)C(C)CCOC(C)(C)CCN)c1C2=O. The number of nitrogens with one attached hydrogen (secondary N) is 3. The van der Waals surface area contributed by atoms with Crippen LogP contribution in [0.3, 0.4) is 0 Å². The van der Waals surface area contributed by atoms with Gasteiger partial charge in [0.1, 0.15) is 11.5 Å². The van der Waals surface area contributed by atoms with Gasteiger partial charge in [0.2, 0.25) is 0 Å². The van der Waals surface area contributed by atoms with Gasteiger partial charge in [-0.1, -0.05) is 13.0 Å². The van der Waals surface area contributed by atoms with E-state index in [1.54, 1.807) is 12.1 Å². The number of hydrogen-bond acceptors (Lipinski definition) is 9. The van der Waals surface area contributed by atoms with Crippen LogP contribution < -0.4 is 21.7 Å². The van der Waals surface area contributed by atoms with Gasteiger partial charge in [-0.2, -0.15) is 0 Å². The minimum absolute atomic E-state index is 0.0275. The molecular weight excluding hydrogens is 484 g/mol. The number of ether oxygens (including phenoxy) is 1. The minimum Gasteiger partial charge on any atom is -0.507 e. The van der Waals surface area contributed by atoms with Crippen LogP contribution in [0.15, 0.2) is 24.3 Å². The lowest BCUT2D eigenvalue weighted by Gasteiger charge is -2.29. The maximum atomic E-state index is 13.7. The summed E-state index contributed by atoms with van der Waals surface area (Å²) >= 11 is 0. The molecule has 0 spiro atoms. The van der Waals surface area contributed by atoms with E-state index in [0.717, 1.165) is 19.4 Å². The summed E-state index contributed by atoms with van der Waals surface area (Å²) < 4.78 is 6.01. The number of anilines is 1. The highest BCUT2D eigenvalue weighted by Gasteiger charge is 2.38. The van der Waals surface area contributed by atoms with Crippen molar-refractivity contribution in [2.24, 2.45) is 11.7 Å². The van der Waals surface area contributed by atoms with Crippen molar-refractivity contribution in [2.75, 3.05) is 38.6 Å². The molecule has 2 aromatic carbocycles. The first-order valence-corrected chi connectivity index (χ1v) is 13.3. The number of carbonyl (C=O) groups excluding carboxylic acids is 2. The molecule has 9 heteroatoms. The quantitative estimate of drug-likeness (QED) is 0.138. The van der Waals surface area contributed by atoms with E-state index < -0.39 is 11.6 Å². The Balaban J connectivity index is 1.86. The third-order valence-electron chi connectivity index (χ3n) is 7.28. The predicted molar refractivity (Wildman–Crippen MR) is 149 cm³/mol. The fourth-order valence-corrected chi connectivity index (χ4v) is 4.71. The molecule has 3 rings (SSSR count). The van der Waals surface area contributed by atoms with Crippen molar-refractivity contribution in [3.05, 3.63) is 52.1 Å². The van der Waals surface area contributed by atoms with E-state index in [2.05, 4.69) is 22.9 Å². The highest BCUT2D eigenvalue weighted by molar-refractivity contribution is 6.32. The Kier molecular flexibility index (Phi) is 9.89. The Morgan fingerprint density at radius 2 is 1.58 bits per heavy atom. The summed E-state index contributed by atoms with van der Waals surface area (Å²) in [6, 6.07) is 6.05. The number of nitrogens with two attached hydrogens (primary N) is 1. The Hall–Kier alpha value is -2.98. The van der Waals surface area contributed by atoms with Crippen molar-refractivity contribution >= 4 is 17.3 Å². The molecule has 9 nitrogen and oxygen atoms in total. The molecule has 1 aliphatic rings. The largest absolute Gasteiger partial charge is 0.507 e. The number of carbonyl (C=O) groups is 2. The van der Waals surface area contributed by atoms with E-state index in [9.17, 15) is 19.8 Å². The van der Waals surface area contributed by atoms with Crippen LogP contribution in [-0.2, 0) is 11.3 Å². The molecule has 38 heavy (non-hydrogen) atoms. The topological polar surface area (TPSA) is 146 Å². The van der Waals surface area contributed by atoms with Gasteiger partial charge in [-0.15, -0.1) is 0 Å². The fourth-order valence-electron chi connectivity index (χ4n) is 4.71. The standard InChI is InChI=1S/C29H42N4O5/c1-17(10-15-38-29(3,4)11-12-30)18(2)33-20-7-9-22(35)26-24(20)28(37)25-21(34)8-6-19(23(25)27(26)36)16-32-14-13-31-5/h6-9,17-18,31-35H,10-16,30H2,1-5H3. The molecule has 7 N–H and O–H groups in total. The third kappa shape index (κ3) is 6.53. The summed E-state index contributed by atoms with van der Waals surface area (Å²) in [5.41, 5.74) is 6.56. The summed E-state index contributed by atoms with van der Waals surface area (Å²) in [7, 11) is 1.84. The molecule has 0 fully saturated rings. The van der Waals surface area contributed by atoms with Crippen molar-refractivity contribution in [2.45, 2.75) is 58.7 Å². The first-order valence-electron chi connectivity index (χ1n) is 13.3. The van der Waals surface area contributed by atoms with Crippen LogP contribution in [0.4, 0.5) is 5.69 Å². The molecule has 0 bridgehead atoms. The number of aromatic hydroxyl groups is 2. The molecule has 0 amide bonds. The van der Waals surface area contributed by atoms with Crippen LogP contribution in [0.2, 0.25) is 0 Å². The van der Waals surface area contributed by atoms with Crippen molar-refractivity contribution in [1.29, 1.82) is 0 Å². The lowest BCUT2D eigenvalue weighted by atomic mass is 9.80. The van der Waals surface area contributed by atoms with E-state index in [0.29, 0.717) is 37.5 Å². The molecule has 0 saturated heterocycles. The highest BCUT2D eigenvalue weighted by Crippen LogP contribution is 2.41. The van der Waals surface area contributed by atoms with E-state index in [1.807, 2.05) is 27.8 Å². The molecule has 0 aliphatic heterocycles. The van der Waals surface area contributed by atoms with Gasteiger partial charge in [-0.3, -0.25) is 9.59 Å². The second-order valence-electron chi connectivity index (χ2n) is 10.7. The normalized spacial score (nSPS) is 14.7. The second-order valence-corrected chi connectivity index (χ2v) is 10.7. The van der Waals surface area contributed by atoms with Gasteiger partial charge in [-0.25, -0.2) is 0 Å². The van der Waals surface area contributed by atoms with Crippen LogP contribution in [0.1, 0.15) is 77.9 Å². The first-order chi connectivity index (χ1) is 18.0. The van der Waals surface area contributed by atoms with Crippen LogP contribution in [0.25, 0.3) is 0 Å². The summed E-state index contributed by atoms with van der Waals surface area (Å²) in [5, 5.41) is 30.9. The van der Waals surface area contributed by atoms with Gasteiger partial charge in [0.25, 0.3) is 0 Å². The molecule has 208 valence electrons. The zero-order valence-electron chi connectivity index (χ0n) is 23.1. The number of phenolic OH excluding ortho intramolecular Hbond substituents is 2. The van der Waals surface area contributed by atoms with Crippen LogP contribution in [0.5, 0.6) is 11.5 Å². The number of benzene rings is 2. The average Bonchev–Trinajstić information content (AvgIpc) is 2.86. The Morgan fingerprint density at radius 1 is 0.947 bits per heavy atom. The average molecular weight is 527 g/mol. The van der Waals surface area contributed by atoms with Crippen LogP contribution in [-0.4, -0.2) is 66.7 Å². The Labute approximate surface area is 225 Å². The van der Waals surface area contributed by atoms with Gasteiger partial charge in [-0.05, 0) is 76.9 Å². The summed E-state index contributed by atoms with van der Waals surface area (Å²) in [6.07, 6.45) is 1.55. The summed E-state index contributed by atoms with van der Waals surface area (Å²) in [4.78, 5) is 27.4. The zero-order chi connectivity index (χ0) is 28.0. The molecular formula is C29H42N4O5. The number of rotatable bonds is 14. The van der Waals surface area contributed by atoms with Gasteiger partial charge in [0, 0.05) is 43.5 Å². The van der Waals surface area contributed by atoms with Crippen molar-refractivity contribution < 1.29 is 24.5 Å². The molecule has 1 aliphatic carbocycles. The smallest absolute Gasteiger partial charge is 0.200 e. The third-order valence-corrected chi connectivity index (χ3v) is 7.28. The summed E-state index contributed by atoms with van der Waals surface area (Å²) in [6.45, 7) is 11.0. The monoisotopic (exact) mass is 526 g/mol. The first kappa shape index (κ1) is 29.6. The Bertz CT molecular complexity index is 1160. The molecule has 2 atom stereocenters. The second kappa shape index (κ2) is 12.7. The fraction of sp³-hybridized carbons (Fsp3) is 0.517. The zero-order valence-corrected chi connectivity index (χ0v) is 23.1. The van der Waals surface area contributed by atoms with E-state index in [1.165, 1.54) is 12.1 Å². The van der Waals surface area contributed by atoms with E-state index in [4.69, 9.17) is 10.5 Å². The Morgan fingerprint density at radius 3 is 2.24 bits per heavy atom. The molecule has 2 unspecified atom stereocenters. The number of likely N-dealkylation sites (N-methyl/N-ethyl adjacent to an activating group) is 1. The van der Waals surface area contributed by atoms with Gasteiger partial charge in [0.05, 0.1) is 22.3 Å². The minimum atomic E-state index is -0.491. The van der Waals surface area contributed by atoms with E-state index >= 15 is 0 Å². The molecule has 0 saturated carbocycles. The van der Waals surface area contributed by atoms with Crippen molar-refractivity contribution in [1.82, 2.24) is 10.6 Å². The van der Waals surface area contributed by atoms with Crippen molar-refractivity contribution in [3.63, 3.8) is 0 Å². The molecule has 2 aromatic rings. The highest BCUT2D eigenvalue weighted by atomic mass is 16.5. The maximum absolute atomic E-state index is 13.7. The number of phenols is 2. The number of fused-ring (bicyclic) bond motifs is 2. The number of ketones is 2. The maximum Gasteiger partial charge on any atom is 0.200 e.